The third kappa shape index (κ3) is 5.56. The van der Waals surface area contributed by atoms with Crippen LogP contribution in [0.15, 0.2) is 36.8 Å². The normalized spacial score (nSPS) is 18.9. The van der Waals surface area contributed by atoms with Gasteiger partial charge in [-0.15, -0.1) is 0 Å². The number of nitrogens with one attached hydrogen (secondary N) is 2. The van der Waals surface area contributed by atoms with Crippen molar-refractivity contribution in [1.82, 2.24) is 14.6 Å². The summed E-state index contributed by atoms with van der Waals surface area (Å²) >= 11 is 0. The number of rotatable bonds is 9. The number of fused-ring (bicyclic) bond motifs is 1. The average molecular weight is 469 g/mol. The Morgan fingerprint density at radius 1 is 1.38 bits per heavy atom. The molecule has 4 rings (SSSR count). The van der Waals surface area contributed by atoms with Crippen molar-refractivity contribution in [2.24, 2.45) is 11.7 Å². The van der Waals surface area contributed by atoms with Crippen molar-refractivity contribution in [3.05, 3.63) is 47.9 Å². The number of nitrogens with zero attached hydrogens (tertiary/aromatic N) is 4. The fourth-order valence-corrected chi connectivity index (χ4v) is 4.29. The Labute approximate surface area is 199 Å². The van der Waals surface area contributed by atoms with Crippen molar-refractivity contribution in [2.45, 2.75) is 58.2 Å². The molecule has 3 aromatic heterocycles. The Morgan fingerprint density at radius 3 is 3.00 bits per heavy atom. The van der Waals surface area contributed by atoms with Gasteiger partial charge in [0.15, 0.2) is 5.65 Å². The van der Waals surface area contributed by atoms with E-state index in [1.807, 2.05) is 48.2 Å². The summed E-state index contributed by atoms with van der Waals surface area (Å²) in [6, 6.07) is 5.50. The summed E-state index contributed by atoms with van der Waals surface area (Å²) in [5.41, 5.74) is 8.50. The van der Waals surface area contributed by atoms with Crippen molar-refractivity contribution in [2.75, 3.05) is 24.4 Å². The highest BCUT2D eigenvalue weighted by atomic mass is 16.6. The van der Waals surface area contributed by atoms with Crippen molar-refractivity contribution >= 4 is 23.3 Å². The monoisotopic (exact) mass is 468 g/mol. The number of anilines is 2. The van der Waals surface area contributed by atoms with Crippen LogP contribution < -0.4 is 25.9 Å². The van der Waals surface area contributed by atoms with Gasteiger partial charge in [0.25, 0.3) is 0 Å². The first-order chi connectivity index (χ1) is 16.4. The number of carbonyl (C=O) groups is 1. The van der Waals surface area contributed by atoms with Crippen molar-refractivity contribution in [3.63, 3.8) is 0 Å². The molecule has 0 unspecified atom stereocenters. The van der Waals surface area contributed by atoms with Gasteiger partial charge in [0.1, 0.15) is 24.8 Å². The zero-order valence-corrected chi connectivity index (χ0v) is 20.0. The predicted molar refractivity (Wildman–Crippen MR) is 128 cm³/mol. The van der Waals surface area contributed by atoms with Crippen molar-refractivity contribution in [3.8, 4) is 0 Å². The largest absolute Gasteiger partial charge is 0.464 e. The number of nitrogens with two attached hydrogens (primary N) is 1. The standard InChI is InChI=1S/C24H34N7O3/c1-16-12-27-31-22(26-13-18-7-6-10-30(14-18)33-3)11-21(29-23(16)31)28-20-9-5-4-8-19(20)15-34-24(32)17(2)25/h6-7,10-12,14,17,19-20,26H,4-5,8-9,13,15,25H2,1-3H3,(H,28,29)/q+1/t17-,19+,20+/m1/s1. The zero-order chi connectivity index (χ0) is 24.1. The Balaban J connectivity index is 1.52. The van der Waals surface area contributed by atoms with E-state index in [1.165, 1.54) is 0 Å². The van der Waals surface area contributed by atoms with E-state index in [-0.39, 0.29) is 17.9 Å². The van der Waals surface area contributed by atoms with Crippen LogP contribution in [0.3, 0.4) is 0 Å². The van der Waals surface area contributed by atoms with Gasteiger partial charge < -0.3 is 21.1 Å². The summed E-state index contributed by atoms with van der Waals surface area (Å²) in [5, 5.41) is 11.6. The Kier molecular flexibility index (Phi) is 7.46. The molecule has 3 heterocycles. The molecule has 34 heavy (non-hydrogen) atoms. The number of hydrogen-bond donors (Lipinski definition) is 3. The van der Waals surface area contributed by atoms with Crippen molar-refractivity contribution < 1.29 is 19.1 Å². The molecular formula is C24H34N7O3+. The molecule has 0 radical (unpaired) electrons. The Bertz CT molecular complexity index is 1130. The maximum atomic E-state index is 11.9. The van der Waals surface area contributed by atoms with Gasteiger partial charge >= 0.3 is 5.97 Å². The lowest BCUT2D eigenvalue weighted by molar-refractivity contribution is -0.885. The predicted octanol–water partition coefficient (Wildman–Crippen LogP) is 1.86. The van der Waals surface area contributed by atoms with E-state index in [2.05, 4.69) is 15.7 Å². The van der Waals surface area contributed by atoms with E-state index in [9.17, 15) is 4.79 Å². The number of esters is 1. The van der Waals surface area contributed by atoms with Gasteiger partial charge in [-0.05, 0) is 32.8 Å². The van der Waals surface area contributed by atoms with E-state index >= 15 is 0 Å². The second kappa shape index (κ2) is 10.7. The van der Waals surface area contributed by atoms with Gasteiger partial charge in [0.05, 0.1) is 12.8 Å². The maximum absolute atomic E-state index is 11.9. The maximum Gasteiger partial charge on any atom is 0.322 e. The third-order valence-corrected chi connectivity index (χ3v) is 6.22. The van der Waals surface area contributed by atoms with Crippen LogP contribution in [0.4, 0.5) is 11.6 Å². The summed E-state index contributed by atoms with van der Waals surface area (Å²) in [4.78, 5) is 22.0. The van der Waals surface area contributed by atoms with E-state index in [0.717, 1.165) is 54.1 Å². The second-order valence-corrected chi connectivity index (χ2v) is 8.91. The molecule has 1 fully saturated rings. The van der Waals surface area contributed by atoms with Crippen LogP contribution >= 0.6 is 0 Å². The van der Waals surface area contributed by atoms with Gasteiger partial charge in [0, 0.05) is 46.5 Å². The fraction of sp³-hybridized carbons (Fsp3) is 0.500. The van der Waals surface area contributed by atoms with Gasteiger partial charge in [-0.25, -0.2) is 4.98 Å². The highest BCUT2D eigenvalue weighted by Gasteiger charge is 2.27. The lowest BCUT2D eigenvalue weighted by Crippen LogP contribution is -2.40. The number of hydrogen-bond acceptors (Lipinski definition) is 8. The minimum Gasteiger partial charge on any atom is -0.464 e. The van der Waals surface area contributed by atoms with Crippen LogP contribution in [0, 0.1) is 12.8 Å². The highest BCUT2D eigenvalue weighted by Crippen LogP contribution is 2.28. The molecular weight excluding hydrogens is 434 g/mol. The summed E-state index contributed by atoms with van der Waals surface area (Å²) in [7, 11) is 1.63. The summed E-state index contributed by atoms with van der Waals surface area (Å²) < 4.78 is 8.93. The number of aromatic nitrogens is 4. The summed E-state index contributed by atoms with van der Waals surface area (Å²) in [6.45, 7) is 4.61. The van der Waals surface area contributed by atoms with Crippen LogP contribution in [0.25, 0.3) is 5.65 Å². The molecule has 0 aliphatic heterocycles. The topological polar surface area (TPSA) is 120 Å². The quantitative estimate of drug-likeness (QED) is 0.322. The van der Waals surface area contributed by atoms with Crippen molar-refractivity contribution in [1.29, 1.82) is 0 Å². The molecule has 1 aliphatic carbocycles. The smallest absolute Gasteiger partial charge is 0.322 e. The van der Waals surface area contributed by atoms with E-state index in [1.54, 1.807) is 18.8 Å². The number of ether oxygens (including phenoxy) is 1. The number of pyridine rings is 1. The molecule has 0 aromatic carbocycles. The first kappa shape index (κ1) is 23.7. The van der Waals surface area contributed by atoms with E-state index < -0.39 is 6.04 Å². The Morgan fingerprint density at radius 2 is 2.21 bits per heavy atom. The molecule has 3 atom stereocenters. The van der Waals surface area contributed by atoms with Gasteiger partial charge in [0.2, 0.25) is 12.4 Å². The van der Waals surface area contributed by atoms with E-state index in [4.69, 9.17) is 20.3 Å². The van der Waals surface area contributed by atoms with Crippen LogP contribution in [-0.2, 0) is 16.1 Å². The second-order valence-electron chi connectivity index (χ2n) is 8.91. The molecule has 0 bridgehead atoms. The van der Waals surface area contributed by atoms with Crippen LogP contribution in [-0.4, -0.2) is 46.4 Å². The minimum atomic E-state index is -0.611. The number of aryl methyl sites for hydroxylation is 1. The molecule has 0 saturated heterocycles. The molecule has 0 spiro atoms. The molecule has 182 valence electrons. The number of carbonyl (C=O) groups excluding carboxylic acids is 1. The van der Waals surface area contributed by atoms with Crippen LogP contribution in [0.1, 0.15) is 43.7 Å². The Hall–Kier alpha value is -3.40. The van der Waals surface area contributed by atoms with Crippen LogP contribution in [0.5, 0.6) is 0 Å². The first-order valence-electron chi connectivity index (χ1n) is 11.8. The van der Waals surface area contributed by atoms with Gasteiger partial charge in [-0.3, -0.25) is 9.63 Å². The third-order valence-electron chi connectivity index (χ3n) is 6.22. The molecule has 3 aromatic rings. The molecule has 4 N–H and O–H groups in total. The average Bonchev–Trinajstić information content (AvgIpc) is 3.22. The van der Waals surface area contributed by atoms with E-state index in [0.29, 0.717) is 13.2 Å². The molecule has 1 aliphatic rings. The molecule has 10 heteroatoms. The SMILES string of the molecule is CO[n+]1cccc(CNc2cc(N[C@H]3CCCC[C@H]3COC(=O)[C@@H](C)N)nc3c(C)cnn23)c1. The first-order valence-corrected chi connectivity index (χ1v) is 11.8. The van der Waals surface area contributed by atoms with Gasteiger partial charge in [-0.1, -0.05) is 12.8 Å². The molecule has 0 amide bonds. The minimum absolute atomic E-state index is 0.162. The lowest BCUT2D eigenvalue weighted by Gasteiger charge is -2.32. The molecule has 1 saturated carbocycles. The lowest BCUT2D eigenvalue weighted by atomic mass is 9.85. The highest BCUT2D eigenvalue weighted by molar-refractivity contribution is 5.74. The van der Waals surface area contributed by atoms with Crippen LogP contribution in [0.2, 0.25) is 0 Å². The summed E-state index contributed by atoms with van der Waals surface area (Å²) in [5.74, 6) is 1.46. The van der Waals surface area contributed by atoms with Gasteiger partial charge in [-0.2, -0.15) is 9.61 Å². The zero-order valence-electron chi connectivity index (χ0n) is 20.0. The summed E-state index contributed by atoms with van der Waals surface area (Å²) in [6.07, 6.45) is 9.83. The fourth-order valence-electron chi connectivity index (χ4n) is 4.29. The molecule has 10 nitrogen and oxygen atoms in total.